The van der Waals surface area contributed by atoms with Gasteiger partial charge in [-0.1, -0.05) is 37.2 Å². The third kappa shape index (κ3) is 2.59. The second-order valence-corrected chi connectivity index (χ2v) is 3.92. The Kier molecular flexibility index (Phi) is 3.19. The molecule has 0 aliphatic rings. The van der Waals surface area contributed by atoms with Gasteiger partial charge in [-0.05, 0) is 12.1 Å². The fraction of sp³-hybridized carbons (Fsp3) is 0.333. The van der Waals surface area contributed by atoms with Crippen molar-refractivity contribution in [2.45, 2.75) is 26.3 Å². The highest BCUT2D eigenvalue weighted by atomic mass is 16.5. The van der Waals surface area contributed by atoms with Crippen molar-refractivity contribution in [3.8, 4) is 0 Å². The number of aromatic nitrogens is 2. The zero-order chi connectivity index (χ0) is 11.4. The Balaban J connectivity index is 1.95. The van der Waals surface area contributed by atoms with Gasteiger partial charge in [0.15, 0.2) is 5.82 Å². The SMILES string of the molecule is CC(C)c1noc(CNc2ccccc2)n1. The fourth-order valence-electron chi connectivity index (χ4n) is 1.31. The third-order valence-corrected chi connectivity index (χ3v) is 2.22. The minimum Gasteiger partial charge on any atom is -0.376 e. The molecule has 16 heavy (non-hydrogen) atoms. The summed E-state index contributed by atoms with van der Waals surface area (Å²) in [6, 6.07) is 9.94. The molecule has 0 saturated heterocycles. The van der Waals surface area contributed by atoms with Crippen molar-refractivity contribution in [2.24, 2.45) is 0 Å². The summed E-state index contributed by atoms with van der Waals surface area (Å²) in [4.78, 5) is 4.28. The first-order valence-electron chi connectivity index (χ1n) is 5.37. The first-order chi connectivity index (χ1) is 7.75. The van der Waals surface area contributed by atoms with Crippen LogP contribution in [0.3, 0.4) is 0 Å². The van der Waals surface area contributed by atoms with Gasteiger partial charge >= 0.3 is 0 Å². The van der Waals surface area contributed by atoms with Gasteiger partial charge in [0, 0.05) is 11.6 Å². The van der Waals surface area contributed by atoms with Crippen LogP contribution in [0.15, 0.2) is 34.9 Å². The summed E-state index contributed by atoms with van der Waals surface area (Å²) in [7, 11) is 0. The van der Waals surface area contributed by atoms with E-state index in [0.29, 0.717) is 18.4 Å². The Labute approximate surface area is 94.7 Å². The van der Waals surface area contributed by atoms with Gasteiger partial charge in [-0.3, -0.25) is 0 Å². The van der Waals surface area contributed by atoms with E-state index >= 15 is 0 Å². The van der Waals surface area contributed by atoms with Crippen molar-refractivity contribution in [3.63, 3.8) is 0 Å². The van der Waals surface area contributed by atoms with E-state index in [1.807, 2.05) is 44.2 Å². The van der Waals surface area contributed by atoms with Crippen LogP contribution in [0.2, 0.25) is 0 Å². The number of hydrogen-bond acceptors (Lipinski definition) is 4. The van der Waals surface area contributed by atoms with Crippen LogP contribution in [0.1, 0.15) is 31.5 Å². The maximum atomic E-state index is 5.12. The highest BCUT2D eigenvalue weighted by molar-refractivity contribution is 5.42. The van der Waals surface area contributed by atoms with E-state index in [1.165, 1.54) is 0 Å². The van der Waals surface area contributed by atoms with Gasteiger partial charge in [-0.15, -0.1) is 0 Å². The molecule has 4 nitrogen and oxygen atoms in total. The number of nitrogens with one attached hydrogen (secondary N) is 1. The average Bonchev–Trinajstić information content (AvgIpc) is 2.76. The molecule has 2 aromatic rings. The van der Waals surface area contributed by atoms with E-state index in [-0.39, 0.29) is 0 Å². The van der Waals surface area contributed by atoms with Crippen LogP contribution >= 0.6 is 0 Å². The van der Waals surface area contributed by atoms with Gasteiger partial charge in [0.05, 0.1) is 6.54 Å². The number of para-hydroxylation sites is 1. The largest absolute Gasteiger partial charge is 0.376 e. The maximum Gasteiger partial charge on any atom is 0.245 e. The first kappa shape index (κ1) is 10.7. The van der Waals surface area contributed by atoms with Crippen LogP contribution in [-0.2, 0) is 6.54 Å². The summed E-state index contributed by atoms with van der Waals surface area (Å²) in [5, 5.41) is 7.12. The molecular weight excluding hydrogens is 202 g/mol. The summed E-state index contributed by atoms with van der Waals surface area (Å²) in [6.45, 7) is 4.64. The van der Waals surface area contributed by atoms with Crippen molar-refractivity contribution < 1.29 is 4.52 Å². The van der Waals surface area contributed by atoms with Gasteiger partial charge in [0.1, 0.15) is 0 Å². The normalized spacial score (nSPS) is 10.7. The molecule has 1 heterocycles. The summed E-state index contributed by atoms with van der Waals surface area (Å²) < 4.78 is 5.12. The Morgan fingerprint density at radius 1 is 1.25 bits per heavy atom. The van der Waals surface area contributed by atoms with E-state index in [1.54, 1.807) is 0 Å². The van der Waals surface area contributed by atoms with Gasteiger partial charge in [-0.2, -0.15) is 4.98 Å². The van der Waals surface area contributed by atoms with Crippen molar-refractivity contribution in [2.75, 3.05) is 5.32 Å². The highest BCUT2D eigenvalue weighted by Crippen LogP contribution is 2.11. The van der Waals surface area contributed by atoms with Gasteiger partial charge < -0.3 is 9.84 Å². The summed E-state index contributed by atoms with van der Waals surface area (Å²) >= 11 is 0. The summed E-state index contributed by atoms with van der Waals surface area (Å²) in [5.41, 5.74) is 1.05. The number of anilines is 1. The van der Waals surface area contributed by atoms with Gasteiger partial charge in [-0.25, -0.2) is 0 Å². The molecule has 0 unspecified atom stereocenters. The lowest BCUT2D eigenvalue weighted by Gasteiger charge is -2.01. The van der Waals surface area contributed by atoms with Crippen molar-refractivity contribution in [1.29, 1.82) is 0 Å². The van der Waals surface area contributed by atoms with Crippen LogP contribution in [-0.4, -0.2) is 10.1 Å². The smallest absolute Gasteiger partial charge is 0.245 e. The quantitative estimate of drug-likeness (QED) is 0.855. The minimum absolute atomic E-state index is 0.300. The molecule has 4 heteroatoms. The fourth-order valence-corrected chi connectivity index (χ4v) is 1.31. The predicted molar refractivity (Wildman–Crippen MR) is 62.2 cm³/mol. The number of hydrogen-bond donors (Lipinski definition) is 1. The van der Waals surface area contributed by atoms with Crippen LogP contribution in [0.4, 0.5) is 5.69 Å². The monoisotopic (exact) mass is 217 g/mol. The zero-order valence-corrected chi connectivity index (χ0v) is 9.47. The molecule has 0 bridgehead atoms. The molecule has 1 N–H and O–H groups in total. The molecule has 2 rings (SSSR count). The first-order valence-corrected chi connectivity index (χ1v) is 5.37. The van der Waals surface area contributed by atoms with Crippen molar-refractivity contribution >= 4 is 5.69 Å². The Hall–Kier alpha value is -1.84. The molecule has 0 fully saturated rings. The van der Waals surface area contributed by atoms with E-state index in [2.05, 4.69) is 15.5 Å². The molecular formula is C12H15N3O. The lowest BCUT2D eigenvalue weighted by atomic mass is 10.2. The lowest BCUT2D eigenvalue weighted by Crippen LogP contribution is -1.99. The van der Waals surface area contributed by atoms with E-state index in [4.69, 9.17) is 4.52 Å². The average molecular weight is 217 g/mol. The van der Waals surface area contributed by atoms with Crippen LogP contribution in [0.25, 0.3) is 0 Å². The Morgan fingerprint density at radius 2 is 2.00 bits per heavy atom. The standard InChI is InChI=1S/C12H15N3O/c1-9(2)12-14-11(16-15-12)8-13-10-6-4-3-5-7-10/h3-7,9,13H,8H2,1-2H3. The third-order valence-electron chi connectivity index (χ3n) is 2.22. The molecule has 1 aromatic heterocycles. The van der Waals surface area contributed by atoms with Crippen LogP contribution in [0, 0.1) is 0 Å². The van der Waals surface area contributed by atoms with E-state index in [9.17, 15) is 0 Å². The van der Waals surface area contributed by atoms with Crippen LogP contribution < -0.4 is 5.32 Å². The van der Waals surface area contributed by atoms with E-state index in [0.717, 1.165) is 11.5 Å². The number of rotatable bonds is 4. The molecule has 0 saturated carbocycles. The molecule has 0 amide bonds. The minimum atomic E-state index is 0.300. The van der Waals surface area contributed by atoms with E-state index < -0.39 is 0 Å². The molecule has 0 aliphatic carbocycles. The Morgan fingerprint density at radius 3 is 2.62 bits per heavy atom. The molecule has 0 spiro atoms. The molecule has 0 aliphatic heterocycles. The molecule has 0 radical (unpaired) electrons. The maximum absolute atomic E-state index is 5.12. The summed E-state index contributed by atoms with van der Waals surface area (Å²) in [6.07, 6.45) is 0. The highest BCUT2D eigenvalue weighted by Gasteiger charge is 2.08. The lowest BCUT2D eigenvalue weighted by molar-refractivity contribution is 0.376. The Bertz CT molecular complexity index is 437. The second-order valence-electron chi connectivity index (χ2n) is 3.92. The molecule has 1 aromatic carbocycles. The predicted octanol–water partition coefficient (Wildman–Crippen LogP) is 2.81. The number of nitrogens with zero attached hydrogens (tertiary/aromatic N) is 2. The summed E-state index contributed by atoms with van der Waals surface area (Å²) in [5.74, 6) is 1.67. The second kappa shape index (κ2) is 4.79. The van der Waals surface area contributed by atoms with Crippen molar-refractivity contribution in [3.05, 3.63) is 42.0 Å². The van der Waals surface area contributed by atoms with Gasteiger partial charge in [0.25, 0.3) is 0 Å². The zero-order valence-electron chi connectivity index (χ0n) is 9.47. The molecule has 84 valence electrons. The topological polar surface area (TPSA) is 51.0 Å². The van der Waals surface area contributed by atoms with Crippen LogP contribution in [0.5, 0.6) is 0 Å². The van der Waals surface area contributed by atoms with Crippen molar-refractivity contribution in [1.82, 2.24) is 10.1 Å². The van der Waals surface area contributed by atoms with Gasteiger partial charge in [0.2, 0.25) is 5.89 Å². The molecule has 0 atom stereocenters. The number of benzene rings is 1.